The minimum atomic E-state index is -0.341. The molecule has 1 nitrogen and oxygen atoms in total. The smallest absolute Gasteiger partial charge is 0.0737 e. The van der Waals surface area contributed by atoms with Crippen LogP contribution >= 0.6 is 0 Å². The molecule has 3 saturated carbocycles. The Bertz CT molecular complexity index is 321. The van der Waals surface area contributed by atoms with Crippen molar-refractivity contribution in [2.75, 3.05) is 0 Å². The summed E-state index contributed by atoms with van der Waals surface area (Å²) in [5, 5.41) is 11.2. The molecule has 0 heterocycles. The van der Waals surface area contributed by atoms with Gasteiger partial charge in [-0.05, 0) is 60.7 Å². The summed E-state index contributed by atoms with van der Waals surface area (Å²) < 4.78 is 0. The van der Waals surface area contributed by atoms with Gasteiger partial charge < -0.3 is 5.11 Å². The zero-order valence-electron chi connectivity index (χ0n) is 11.2. The second-order valence-electron chi connectivity index (χ2n) is 7.85. The zero-order chi connectivity index (χ0) is 11.8. The summed E-state index contributed by atoms with van der Waals surface area (Å²) in [5.41, 5.74) is 0.211. The van der Waals surface area contributed by atoms with Crippen molar-refractivity contribution < 1.29 is 5.11 Å². The molecule has 4 bridgehead atoms. The Kier molecular flexibility index (Phi) is 1.98. The van der Waals surface area contributed by atoms with E-state index in [9.17, 15) is 5.11 Å². The molecule has 3 rings (SSSR count). The number of hydrogen-bond acceptors (Lipinski definition) is 1. The van der Waals surface area contributed by atoms with Crippen molar-refractivity contribution in [1.29, 1.82) is 0 Å². The van der Waals surface area contributed by atoms with E-state index < -0.39 is 0 Å². The Morgan fingerprint density at radius 2 is 1.75 bits per heavy atom. The van der Waals surface area contributed by atoms with Gasteiger partial charge in [-0.1, -0.05) is 27.7 Å². The fourth-order valence-electron chi connectivity index (χ4n) is 5.91. The number of hydrogen-bond donors (Lipinski definition) is 1. The average molecular weight is 222 g/mol. The largest absolute Gasteiger partial charge is 0.389 e. The van der Waals surface area contributed by atoms with Crippen LogP contribution in [0.2, 0.25) is 0 Å². The lowest BCUT2D eigenvalue weighted by atomic mass is 9.52. The minimum absolute atomic E-state index is 0.206. The molecule has 1 heteroatoms. The molecule has 0 spiro atoms. The molecule has 0 saturated heterocycles. The third-order valence-electron chi connectivity index (χ3n) is 6.42. The maximum absolute atomic E-state index is 11.2. The summed E-state index contributed by atoms with van der Waals surface area (Å²) in [5.74, 6) is 2.17. The molecule has 0 aromatic heterocycles. The van der Waals surface area contributed by atoms with E-state index in [2.05, 4.69) is 27.7 Å². The van der Waals surface area contributed by atoms with Gasteiger partial charge in [-0.15, -0.1) is 0 Å². The first-order valence-corrected chi connectivity index (χ1v) is 7.03. The highest BCUT2D eigenvalue weighted by Gasteiger charge is 2.69. The molecule has 0 aromatic rings. The van der Waals surface area contributed by atoms with Crippen LogP contribution in [0.15, 0.2) is 0 Å². The van der Waals surface area contributed by atoms with E-state index in [-0.39, 0.29) is 11.0 Å². The molecule has 5 atom stereocenters. The third-order valence-corrected chi connectivity index (χ3v) is 6.42. The second-order valence-corrected chi connectivity index (χ2v) is 7.85. The van der Waals surface area contributed by atoms with Gasteiger partial charge >= 0.3 is 0 Å². The third kappa shape index (κ3) is 1.06. The van der Waals surface area contributed by atoms with Crippen molar-refractivity contribution in [2.24, 2.45) is 28.6 Å². The van der Waals surface area contributed by atoms with Gasteiger partial charge in [0.15, 0.2) is 0 Å². The standard InChI is InChI=1S/C15H26O/c1-10-5-8-15(16)12-11(10)6-7-14(15,4)9-13(12,2)3/h10-12,16H,5-9H2,1-4H3/t10-,11+,12?,14+,15+/m0/s1. The van der Waals surface area contributed by atoms with Gasteiger partial charge in [-0.3, -0.25) is 0 Å². The fraction of sp³-hybridized carbons (Fsp3) is 1.00. The monoisotopic (exact) mass is 222 g/mol. The van der Waals surface area contributed by atoms with Crippen LogP contribution in [0.5, 0.6) is 0 Å². The van der Waals surface area contributed by atoms with Gasteiger partial charge in [-0.25, -0.2) is 0 Å². The van der Waals surface area contributed by atoms with E-state index in [0.717, 1.165) is 18.3 Å². The maximum Gasteiger partial charge on any atom is 0.0737 e. The predicted molar refractivity (Wildman–Crippen MR) is 66.1 cm³/mol. The van der Waals surface area contributed by atoms with Crippen LogP contribution in [-0.2, 0) is 0 Å². The lowest BCUT2D eigenvalue weighted by molar-refractivity contribution is -0.174. The molecule has 0 aliphatic heterocycles. The molecule has 3 fully saturated rings. The van der Waals surface area contributed by atoms with Gasteiger partial charge in [0.2, 0.25) is 0 Å². The number of aliphatic hydroxyl groups is 1. The van der Waals surface area contributed by atoms with E-state index in [4.69, 9.17) is 0 Å². The molecule has 0 aromatic carbocycles. The van der Waals surface area contributed by atoms with Gasteiger partial charge in [0.25, 0.3) is 0 Å². The summed E-state index contributed by atoms with van der Waals surface area (Å²) in [6, 6.07) is 0. The fourth-order valence-corrected chi connectivity index (χ4v) is 5.91. The van der Waals surface area contributed by atoms with Gasteiger partial charge in [0.05, 0.1) is 5.60 Å². The van der Waals surface area contributed by atoms with Crippen molar-refractivity contribution in [2.45, 2.75) is 65.4 Å². The lowest BCUT2D eigenvalue weighted by Gasteiger charge is -2.56. The Balaban J connectivity index is 2.11. The molecule has 16 heavy (non-hydrogen) atoms. The highest BCUT2D eigenvalue weighted by atomic mass is 16.3. The Morgan fingerprint density at radius 3 is 2.44 bits per heavy atom. The second kappa shape index (κ2) is 2.85. The summed E-state index contributed by atoms with van der Waals surface area (Å²) in [7, 11) is 0. The molecule has 0 radical (unpaired) electrons. The van der Waals surface area contributed by atoms with Gasteiger partial charge in [0.1, 0.15) is 0 Å². The van der Waals surface area contributed by atoms with Crippen LogP contribution < -0.4 is 0 Å². The molecule has 1 N–H and O–H groups in total. The summed E-state index contributed by atoms with van der Waals surface area (Å²) in [6.45, 7) is 9.54. The van der Waals surface area contributed by atoms with Crippen molar-refractivity contribution in [1.82, 2.24) is 0 Å². The van der Waals surface area contributed by atoms with Crippen LogP contribution in [0.3, 0.4) is 0 Å². The lowest BCUT2D eigenvalue weighted by Crippen LogP contribution is -2.57. The van der Waals surface area contributed by atoms with E-state index in [1.807, 2.05) is 0 Å². The van der Waals surface area contributed by atoms with Crippen molar-refractivity contribution in [3.8, 4) is 0 Å². The van der Waals surface area contributed by atoms with Crippen molar-refractivity contribution >= 4 is 0 Å². The van der Waals surface area contributed by atoms with E-state index in [1.54, 1.807) is 0 Å². The predicted octanol–water partition coefficient (Wildman–Crippen LogP) is 3.61. The minimum Gasteiger partial charge on any atom is -0.389 e. The van der Waals surface area contributed by atoms with E-state index in [0.29, 0.717) is 11.3 Å². The zero-order valence-corrected chi connectivity index (χ0v) is 11.2. The highest BCUT2D eigenvalue weighted by Crippen LogP contribution is 2.71. The molecule has 3 aliphatic carbocycles. The van der Waals surface area contributed by atoms with Crippen molar-refractivity contribution in [3.63, 3.8) is 0 Å². The first kappa shape index (κ1) is 11.1. The number of rotatable bonds is 0. The Labute approximate surface area is 99.6 Å². The topological polar surface area (TPSA) is 20.2 Å². The van der Waals surface area contributed by atoms with Gasteiger partial charge in [0, 0.05) is 0 Å². The van der Waals surface area contributed by atoms with Crippen LogP contribution in [-0.4, -0.2) is 10.7 Å². The van der Waals surface area contributed by atoms with Crippen LogP contribution in [0.25, 0.3) is 0 Å². The first-order valence-electron chi connectivity index (χ1n) is 7.03. The molecule has 3 aliphatic rings. The van der Waals surface area contributed by atoms with Crippen molar-refractivity contribution in [3.05, 3.63) is 0 Å². The molecular weight excluding hydrogens is 196 g/mol. The summed E-state index contributed by atoms with van der Waals surface area (Å²) >= 11 is 0. The highest BCUT2D eigenvalue weighted by molar-refractivity contribution is 5.19. The molecule has 0 amide bonds. The van der Waals surface area contributed by atoms with Crippen LogP contribution in [0.4, 0.5) is 0 Å². The van der Waals surface area contributed by atoms with E-state index in [1.165, 1.54) is 25.7 Å². The summed E-state index contributed by atoms with van der Waals surface area (Å²) in [4.78, 5) is 0. The van der Waals surface area contributed by atoms with Crippen LogP contribution in [0.1, 0.15) is 59.8 Å². The Hall–Kier alpha value is -0.0400. The Morgan fingerprint density at radius 1 is 1.06 bits per heavy atom. The summed E-state index contributed by atoms with van der Waals surface area (Å²) in [6.07, 6.45) is 6.12. The first-order chi connectivity index (χ1) is 7.30. The molecule has 1 unspecified atom stereocenters. The van der Waals surface area contributed by atoms with Crippen LogP contribution in [0, 0.1) is 28.6 Å². The maximum atomic E-state index is 11.2. The van der Waals surface area contributed by atoms with E-state index >= 15 is 0 Å². The average Bonchev–Trinajstić information content (AvgIpc) is 2.28. The SMILES string of the molecule is C[C@H]1CC[C@@]2(O)C3[C@@H]1CC[C@]2(C)CC3(C)C. The molecule has 92 valence electrons. The quantitative estimate of drug-likeness (QED) is 0.664. The molecular formula is C15H26O. The normalized spacial score (nSPS) is 58.7. The van der Waals surface area contributed by atoms with Gasteiger partial charge in [-0.2, -0.15) is 0 Å².